The Morgan fingerprint density at radius 3 is 2.85 bits per heavy atom. The Morgan fingerprint density at radius 1 is 1.30 bits per heavy atom. The number of hydrogen-bond donors (Lipinski definition) is 1. The molecule has 1 N–H and O–H groups in total. The van der Waals surface area contributed by atoms with Crippen molar-refractivity contribution in [3.63, 3.8) is 0 Å². The SMILES string of the molecule is CC1=CC[C@H](C(C)C)[C@@H]2[C@H]1[C@H]1CC3=C(CC[C@H]3O)[C@@H]2O1. The van der Waals surface area contributed by atoms with Gasteiger partial charge in [0.05, 0.1) is 18.3 Å². The monoisotopic (exact) mass is 274 g/mol. The quantitative estimate of drug-likeness (QED) is 0.742. The minimum Gasteiger partial charge on any atom is -0.389 e. The van der Waals surface area contributed by atoms with E-state index >= 15 is 0 Å². The Hall–Kier alpha value is -0.600. The maximum absolute atomic E-state index is 10.2. The molecule has 0 radical (unpaired) electrons. The molecule has 0 saturated carbocycles. The van der Waals surface area contributed by atoms with Crippen LogP contribution in [0.5, 0.6) is 0 Å². The van der Waals surface area contributed by atoms with Gasteiger partial charge in [-0.3, -0.25) is 0 Å². The Bertz CT molecular complexity index is 488. The first kappa shape index (κ1) is 13.1. The van der Waals surface area contributed by atoms with E-state index in [1.54, 1.807) is 0 Å². The van der Waals surface area contributed by atoms with Crippen LogP contribution < -0.4 is 0 Å². The minimum atomic E-state index is -0.180. The van der Waals surface area contributed by atoms with Crippen molar-refractivity contribution < 1.29 is 9.84 Å². The Kier molecular flexibility index (Phi) is 2.91. The van der Waals surface area contributed by atoms with E-state index in [9.17, 15) is 5.11 Å². The maximum Gasteiger partial charge on any atom is 0.0830 e. The van der Waals surface area contributed by atoms with Crippen molar-refractivity contribution in [2.75, 3.05) is 0 Å². The van der Waals surface area contributed by atoms with Gasteiger partial charge in [-0.25, -0.2) is 0 Å². The molecule has 2 aliphatic heterocycles. The smallest absolute Gasteiger partial charge is 0.0830 e. The van der Waals surface area contributed by atoms with Gasteiger partial charge in [-0.2, -0.15) is 0 Å². The predicted molar refractivity (Wildman–Crippen MR) is 79.2 cm³/mol. The van der Waals surface area contributed by atoms with Crippen molar-refractivity contribution in [1.29, 1.82) is 0 Å². The Balaban J connectivity index is 1.76. The summed E-state index contributed by atoms with van der Waals surface area (Å²) < 4.78 is 6.45. The summed E-state index contributed by atoms with van der Waals surface area (Å²) in [6, 6.07) is 0. The van der Waals surface area contributed by atoms with E-state index in [0.29, 0.717) is 30.0 Å². The summed E-state index contributed by atoms with van der Waals surface area (Å²) in [6.07, 6.45) is 7.09. The lowest BCUT2D eigenvalue weighted by Gasteiger charge is -2.37. The molecular formula is C18H26O2. The van der Waals surface area contributed by atoms with E-state index in [2.05, 4.69) is 26.8 Å². The zero-order chi connectivity index (χ0) is 14.0. The van der Waals surface area contributed by atoms with Gasteiger partial charge < -0.3 is 9.84 Å². The number of ether oxygens (including phenoxy) is 1. The van der Waals surface area contributed by atoms with Crippen molar-refractivity contribution in [3.05, 3.63) is 22.8 Å². The summed E-state index contributed by atoms with van der Waals surface area (Å²) in [5.74, 6) is 2.70. The summed E-state index contributed by atoms with van der Waals surface area (Å²) >= 11 is 0. The number of fused-ring (bicyclic) bond motifs is 6. The molecule has 0 spiro atoms. The van der Waals surface area contributed by atoms with Gasteiger partial charge in [0.1, 0.15) is 0 Å². The zero-order valence-electron chi connectivity index (χ0n) is 12.8. The maximum atomic E-state index is 10.2. The molecular weight excluding hydrogens is 248 g/mol. The molecule has 4 rings (SSSR count). The van der Waals surface area contributed by atoms with Gasteiger partial charge in [-0.15, -0.1) is 0 Å². The van der Waals surface area contributed by atoms with Crippen LogP contribution in [0.2, 0.25) is 0 Å². The molecule has 0 aromatic rings. The third-order valence-corrected chi connectivity index (χ3v) is 6.34. The molecule has 2 aliphatic carbocycles. The Morgan fingerprint density at radius 2 is 2.10 bits per heavy atom. The van der Waals surface area contributed by atoms with E-state index in [1.165, 1.54) is 23.1 Å². The van der Waals surface area contributed by atoms with E-state index in [1.807, 2.05) is 0 Å². The number of rotatable bonds is 1. The van der Waals surface area contributed by atoms with Gasteiger partial charge >= 0.3 is 0 Å². The molecule has 0 amide bonds. The molecule has 20 heavy (non-hydrogen) atoms. The van der Waals surface area contributed by atoms with Gasteiger partial charge in [-0.05, 0) is 55.6 Å². The van der Waals surface area contributed by atoms with E-state index in [-0.39, 0.29) is 6.10 Å². The fourth-order valence-corrected chi connectivity index (χ4v) is 5.36. The van der Waals surface area contributed by atoms with Gasteiger partial charge in [-0.1, -0.05) is 25.5 Å². The number of aliphatic hydroxyl groups excluding tert-OH is 1. The van der Waals surface area contributed by atoms with Crippen molar-refractivity contribution in [1.82, 2.24) is 0 Å². The molecule has 6 atom stereocenters. The highest BCUT2D eigenvalue weighted by Crippen LogP contribution is 2.56. The highest BCUT2D eigenvalue weighted by atomic mass is 16.5. The zero-order valence-corrected chi connectivity index (χ0v) is 12.8. The fourth-order valence-electron chi connectivity index (χ4n) is 5.36. The van der Waals surface area contributed by atoms with Crippen molar-refractivity contribution in [3.8, 4) is 0 Å². The van der Waals surface area contributed by atoms with E-state index < -0.39 is 0 Å². The van der Waals surface area contributed by atoms with Gasteiger partial charge in [0, 0.05) is 11.8 Å². The van der Waals surface area contributed by atoms with Crippen LogP contribution >= 0.6 is 0 Å². The first-order valence-corrected chi connectivity index (χ1v) is 8.30. The second kappa shape index (κ2) is 4.45. The van der Waals surface area contributed by atoms with Crippen LogP contribution in [0, 0.1) is 23.7 Å². The van der Waals surface area contributed by atoms with Gasteiger partial charge in [0.25, 0.3) is 0 Å². The highest BCUT2D eigenvalue weighted by molar-refractivity contribution is 5.36. The van der Waals surface area contributed by atoms with Crippen molar-refractivity contribution in [2.45, 2.75) is 64.8 Å². The predicted octanol–water partition coefficient (Wildman–Crippen LogP) is 3.46. The average molecular weight is 274 g/mol. The van der Waals surface area contributed by atoms with Gasteiger partial charge in [0.15, 0.2) is 0 Å². The molecule has 2 bridgehead atoms. The highest BCUT2D eigenvalue weighted by Gasteiger charge is 2.55. The first-order chi connectivity index (χ1) is 9.58. The van der Waals surface area contributed by atoms with E-state index in [4.69, 9.17) is 4.74 Å². The molecule has 1 saturated heterocycles. The van der Waals surface area contributed by atoms with Crippen molar-refractivity contribution in [2.24, 2.45) is 23.7 Å². The largest absolute Gasteiger partial charge is 0.389 e. The topological polar surface area (TPSA) is 29.5 Å². The summed E-state index contributed by atoms with van der Waals surface area (Å²) in [6.45, 7) is 7.01. The number of hydrogen-bond acceptors (Lipinski definition) is 2. The number of aliphatic hydroxyl groups is 1. The lowest BCUT2D eigenvalue weighted by atomic mass is 9.65. The molecule has 4 aliphatic rings. The second-order valence-corrected chi connectivity index (χ2v) is 7.60. The van der Waals surface area contributed by atoms with Crippen LogP contribution in [-0.2, 0) is 4.74 Å². The van der Waals surface area contributed by atoms with Gasteiger partial charge in [0.2, 0.25) is 0 Å². The van der Waals surface area contributed by atoms with Crippen LogP contribution in [0.15, 0.2) is 22.8 Å². The van der Waals surface area contributed by atoms with Crippen LogP contribution in [0.3, 0.4) is 0 Å². The second-order valence-electron chi connectivity index (χ2n) is 7.60. The van der Waals surface area contributed by atoms with Crippen LogP contribution in [0.25, 0.3) is 0 Å². The molecule has 2 nitrogen and oxygen atoms in total. The molecule has 2 heteroatoms. The third-order valence-electron chi connectivity index (χ3n) is 6.34. The first-order valence-electron chi connectivity index (χ1n) is 8.30. The lowest BCUT2D eigenvalue weighted by Crippen LogP contribution is -2.35. The summed E-state index contributed by atoms with van der Waals surface area (Å²) in [4.78, 5) is 0. The standard InChI is InChI=1S/C18H26O2/c1-9(2)11-5-4-10(3)16-15-8-13-12(6-7-14(13)19)18(20-15)17(11)16/h4,9,11,14-19H,5-8H2,1-3H3/t11-,14-,15-,16-,17-,18+/m1/s1. The molecule has 2 heterocycles. The van der Waals surface area contributed by atoms with Crippen LogP contribution in [-0.4, -0.2) is 23.4 Å². The Labute approximate surface area is 121 Å². The molecule has 0 aromatic carbocycles. The molecule has 110 valence electrons. The van der Waals surface area contributed by atoms with Crippen molar-refractivity contribution >= 4 is 0 Å². The summed E-state index contributed by atoms with van der Waals surface area (Å²) in [5.41, 5.74) is 4.35. The lowest BCUT2D eigenvalue weighted by molar-refractivity contribution is 0.0294. The van der Waals surface area contributed by atoms with Crippen LogP contribution in [0.4, 0.5) is 0 Å². The normalized spacial score (nSPS) is 46.5. The fraction of sp³-hybridized carbons (Fsp3) is 0.778. The minimum absolute atomic E-state index is 0.180. The number of allylic oxidation sites excluding steroid dienone is 1. The molecule has 0 unspecified atom stereocenters. The molecule has 0 aromatic heterocycles. The third kappa shape index (κ3) is 1.64. The van der Waals surface area contributed by atoms with E-state index in [0.717, 1.165) is 25.2 Å². The summed E-state index contributed by atoms with van der Waals surface area (Å²) in [7, 11) is 0. The van der Waals surface area contributed by atoms with Crippen LogP contribution in [0.1, 0.15) is 46.5 Å². The summed E-state index contributed by atoms with van der Waals surface area (Å²) in [5, 5.41) is 10.2. The average Bonchev–Trinajstić information content (AvgIpc) is 2.92. The molecule has 1 fully saturated rings.